The van der Waals surface area contributed by atoms with Crippen molar-refractivity contribution >= 4 is 12.0 Å². The van der Waals surface area contributed by atoms with Gasteiger partial charge in [0, 0.05) is 13.1 Å². The van der Waals surface area contributed by atoms with E-state index in [4.69, 9.17) is 4.74 Å². The van der Waals surface area contributed by atoms with E-state index >= 15 is 0 Å². The zero-order valence-electron chi connectivity index (χ0n) is 16.1. The van der Waals surface area contributed by atoms with Crippen LogP contribution in [-0.4, -0.2) is 29.2 Å². The number of rotatable bonds is 7. The Labute approximate surface area is 160 Å². The summed E-state index contributed by atoms with van der Waals surface area (Å²) in [6, 6.07) is 18.9. The second-order valence-corrected chi connectivity index (χ2v) is 7.21. The minimum Gasteiger partial charge on any atom is -0.459 e. The first-order valence-corrected chi connectivity index (χ1v) is 8.91. The van der Waals surface area contributed by atoms with Crippen molar-refractivity contribution in [3.05, 3.63) is 71.8 Å². The summed E-state index contributed by atoms with van der Waals surface area (Å²) in [6.07, 6.45) is 0. The first-order valence-electron chi connectivity index (χ1n) is 8.91. The molecule has 0 unspecified atom stereocenters. The Hall–Kier alpha value is -2.86. The van der Waals surface area contributed by atoms with Crippen molar-refractivity contribution in [2.24, 2.45) is 0 Å². The number of esters is 1. The zero-order valence-corrected chi connectivity index (χ0v) is 16.1. The highest BCUT2D eigenvalue weighted by Crippen LogP contribution is 2.08. The van der Waals surface area contributed by atoms with Gasteiger partial charge in [-0.2, -0.15) is 0 Å². The molecular formula is C21H27N3O3. The van der Waals surface area contributed by atoms with E-state index in [1.54, 1.807) is 5.01 Å². The van der Waals surface area contributed by atoms with Gasteiger partial charge < -0.3 is 10.1 Å². The standard InChI is InChI=1S/C21H27N3O3/c1-21(2,3)27-19(25)16-24(15-18-12-8-5-9-13-18)23-20(26)22-14-17-10-6-4-7-11-17/h4-13H,14-16H2,1-3H3,(H2,22,23,26). The number of nitrogens with zero attached hydrogens (tertiary/aromatic N) is 1. The largest absolute Gasteiger partial charge is 0.459 e. The van der Waals surface area contributed by atoms with Crippen molar-refractivity contribution in [2.75, 3.05) is 6.54 Å². The molecule has 0 bridgehead atoms. The number of nitrogens with one attached hydrogen (secondary N) is 2. The molecule has 2 amide bonds. The Kier molecular flexibility index (Phi) is 7.37. The van der Waals surface area contributed by atoms with Gasteiger partial charge in [-0.1, -0.05) is 60.7 Å². The van der Waals surface area contributed by atoms with E-state index in [-0.39, 0.29) is 12.6 Å². The minimum absolute atomic E-state index is 0.0507. The van der Waals surface area contributed by atoms with E-state index in [0.717, 1.165) is 11.1 Å². The van der Waals surface area contributed by atoms with Crippen molar-refractivity contribution in [3.63, 3.8) is 0 Å². The molecule has 0 aliphatic rings. The summed E-state index contributed by atoms with van der Waals surface area (Å²) < 4.78 is 5.36. The van der Waals surface area contributed by atoms with Gasteiger partial charge in [-0.3, -0.25) is 10.2 Å². The molecule has 2 rings (SSSR count). The summed E-state index contributed by atoms with van der Waals surface area (Å²) in [5.74, 6) is -0.401. The lowest BCUT2D eigenvalue weighted by Crippen LogP contribution is -2.49. The van der Waals surface area contributed by atoms with Gasteiger partial charge in [0.1, 0.15) is 12.1 Å². The van der Waals surface area contributed by atoms with Crippen LogP contribution >= 0.6 is 0 Å². The molecule has 0 aromatic heterocycles. The van der Waals surface area contributed by atoms with Crippen LogP contribution in [0, 0.1) is 0 Å². The molecule has 2 N–H and O–H groups in total. The molecule has 0 aliphatic heterocycles. The lowest BCUT2D eigenvalue weighted by Gasteiger charge is -2.25. The maximum Gasteiger partial charge on any atom is 0.329 e. The van der Waals surface area contributed by atoms with Crippen molar-refractivity contribution in [1.29, 1.82) is 0 Å². The highest BCUT2D eigenvalue weighted by atomic mass is 16.6. The second-order valence-electron chi connectivity index (χ2n) is 7.21. The number of hydrogen-bond donors (Lipinski definition) is 2. The third-order valence-corrected chi connectivity index (χ3v) is 3.51. The van der Waals surface area contributed by atoms with Crippen LogP contribution in [-0.2, 0) is 22.6 Å². The number of carbonyl (C=O) groups excluding carboxylic acids is 2. The number of hydrogen-bond acceptors (Lipinski definition) is 4. The molecule has 0 radical (unpaired) electrons. The van der Waals surface area contributed by atoms with Gasteiger partial charge in [-0.05, 0) is 31.9 Å². The number of hydrazine groups is 1. The van der Waals surface area contributed by atoms with Crippen LogP contribution in [0.25, 0.3) is 0 Å². The molecule has 144 valence electrons. The minimum atomic E-state index is -0.578. The highest BCUT2D eigenvalue weighted by molar-refractivity contribution is 5.75. The molecule has 2 aromatic carbocycles. The molecule has 0 aliphatic carbocycles. The number of urea groups is 1. The van der Waals surface area contributed by atoms with Gasteiger partial charge in [0.25, 0.3) is 0 Å². The molecule has 0 saturated heterocycles. The molecule has 0 spiro atoms. The van der Waals surface area contributed by atoms with Crippen molar-refractivity contribution in [3.8, 4) is 0 Å². The lowest BCUT2D eigenvalue weighted by molar-refractivity contribution is -0.156. The Morgan fingerprint density at radius 3 is 2.04 bits per heavy atom. The van der Waals surface area contributed by atoms with E-state index in [2.05, 4.69) is 10.7 Å². The Morgan fingerprint density at radius 2 is 1.48 bits per heavy atom. The normalized spacial score (nSPS) is 11.1. The van der Waals surface area contributed by atoms with Crippen LogP contribution in [0.15, 0.2) is 60.7 Å². The number of ether oxygens (including phenoxy) is 1. The smallest absolute Gasteiger partial charge is 0.329 e. The predicted octanol–water partition coefficient (Wildman–Crippen LogP) is 3.24. The van der Waals surface area contributed by atoms with Gasteiger partial charge in [-0.15, -0.1) is 0 Å². The highest BCUT2D eigenvalue weighted by Gasteiger charge is 2.20. The fraction of sp³-hybridized carbons (Fsp3) is 0.333. The Bertz CT molecular complexity index is 727. The van der Waals surface area contributed by atoms with Crippen LogP contribution in [0.5, 0.6) is 0 Å². The molecule has 0 fully saturated rings. The van der Waals surface area contributed by atoms with Crippen LogP contribution in [0.2, 0.25) is 0 Å². The number of amides is 2. The fourth-order valence-electron chi connectivity index (χ4n) is 2.43. The van der Waals surface area contributed by atoms with Crippen LogP contribution < -0.4 is 10.7 Å². The number of benzene rings is 2. The third-order valence-electron chi connectivity index (χ3n) is 3.51. The maximum absolute atomic E-state index is 12.3. The zero-order chi connectivity index (χ0) is 19.7. The first-order chi connectivity index (χ1) is 12.8. The Morgan fingerprint density at radius 1 is 0.926 bits per heavy atom. The lowest BCUT2D eigenvalue weighted by atomic mass is 10.2. The molecule has 6 nitrogen and oxygen atoms in total. The summed E-state index contributed by atoms with van der Waals surface area (Å²) in [4.78, 5) is 24.5. The first kappa shape index (κ1) is 20.5. The molecule has 27 heavy (non-hydrogen) atoms. The van der Waals surface area contributed by atoms with Gasteiger partial charge in [-0.25, -0.2) is 9.80 Å². The molecule has 6 heteroatoms. The Balaban J connectivity index is 1.95. The monoisotopic (exact) mass is 369 g/mol. The number of carbonyl (C=O) groups is 2. The third kappa shape index (κ3) is 8.37. The van der Waals surface area contributed by atoms with Crippen LogP contribution in [0.1, 0.15) is 31.9 Å². The summed E-state index contributed by atoms with van der Waals surface area (Å²) in [5.41, 5.74) is 4.13. The van der Waals surface area contributed by atoms with E-state index in [0.29, 0.717) is 13.1 Å². The van der Waals surface area contributed by atoms with Gasteiger partial charge in [0.05, 0.1) is 0 Å². The fourth-order valence-corrected chi connectivity index (χ4v) is 2.43. The van der Waals surface area contributed by atoms with Gasteiger partial charge >= 0.3 is 12.0 Å². The molecule has 0 atom stereocenters. The van der Waals surface area contributed by atoms with E-state index < -0.39 is 11.6 Å². The maximum atomic E-state index is 12.3. The second kappa shape index (κ2) is 9.73. The van der Waals surface area contributed by atoms with Crippen LogP contribution in [0.3, 0.4) is 0 Å². The average Bonchev–Trinajstić information content (AvgIpc) is 2.60. The van der Waals surface area contributed by atoms with Gasteiger partial charge in [0.2, 0.25) is 0 Å². The molecular weight excluding hydrogens is 342 g/mol. The topological polar surface area (TPSA) is 70.7 Å². The van der Waals surface area contributed by atoms with Gasteiger partial charge in [0.15, 0.2) is 0 Å². The summed E-state index contributed by atoms with van der Waals surface area (Å²) in [5, 5.41) is 4.34. The van der Waals surface area contributed by atoms with E-state index in [1.807, 2.05) is 81.4 Å². The van der Waals surface area contributed by atoms with E-state index in [1.165, 1.54) is 0 Å². The molecule has 0 saturated carbocycles. The van der Waals surface area contributed by atoms with Crippen molar-refractivity contribution < 1.29 is 14.3 Å². The summed E-state index contributed by atoms with van der Waals surface area (Å²) in [7, 11) is 0. The molecule has 0 heterocycles. The average molecular weight is 369 g/mol. The van der Waals surface area contributed by atoms with E-state index in [9.17, 15) is 9.59 Å². The van der Waals surface area contributed by atoms with Crippen molar-refractivity contribution in [1.82, 2.24) is 15.8 Å². The molecule has 2 aromatic rings. The summed E-state index contributed by atoms with van der Waals surface area (Å²) in [6.45, 7) is 6.17. The van der Waals surface area contributed by atoms with Crippen LogP contribution in [0.4, 0.5) is 4.79 Å². The predicted molar refractivity (Wildman–Crippen MR) is 105 cm³/mol. The van der Waals surface area contributed by atoms with Crippen molar-refractivity contribution in [2.45, 2.75) is 39.5 Å². The summed E-state index contributed by atoms with van der Waals surface area (Å²) >= 11 is 0. The SMILES string of the molecule is CC(C)(C)OC(=O)CN(Cc1ccccc1)NC(=O)NCc1ccccc1. The quantitative estimate of drug-likeness (QED) is 0.581.